The highest BCUT2D eigenvalue weighted by Gasteiger charge is 2.46. The highest BCUT2D eigenvalue weighted by molar-refractivity contribution is 5.39. The summed E-state index contributed by atoms with van der Waals surface area (Å²) in [6.45, 7) is 4.23. The molecule has 2 saturated carbocycles. The smallest absolute Gasteiger partial charge is 0.313 e. The molecule has 1 unspecified atom stereocenters. The summed E-state index contributed by atoms with van der Waals surface area (Å²) in [6, 6.07) is 3.54. The van der Waals surface area contributed by atoms with E-state index in [0.29, 0.717) is 24.0 Å². The molecule has 4 heteroatoms. The number of ether oxygens (including phenoxy) is 1. The van der Waals surface area contributed by atoms with Crippen LogP contribution in [0.5, 0.6) is 0 Å². The molecule has 2 aliphatic carbocycles. The fourth-order valence-corrected chi connectivity index (χ4v) is 6.73. The molecule has 4 rings (SSSR count). The van der Waals surface area contributed by atoms with E-state index in [1.807, 2.05) is 6.92 Å². The third-order valence-corrected chi connectivity index (χ3v) is 8.39. The van der Waals surface area contributed by atoms with Crippen molar-refractivity contribution in [2.75, 3.05) is 0 Å². The maximum absolute atomic E-state index is 15.4. The van der Waals surface area contributed by atoms with Gasteiger partial charge in [0.1, 0.15) is 5.82 Å². The van der Waals surface area contributed by atoms with Crippen LogP contribution in [-0.2, 0) is 17.3 Å². The zero-order chi connectivity index (χ0) is 22.0. The summed E-state index contributed by atoms with van der Waals surface area (Å²) in [5.74, 6) is 1.82. The zero-order valence-corrected chi connectivity index (χ0v) is 19.3. The molecule has 0 amide bonds. The maximum Gasteiger partial charge on any atom is 0.386 e. The second-order valence-corrected chi connectivity index (χ2v) is 10.4. The highest BCUT2D eigenvalue weighted by atomic mass is 19.3. The first-order chi connectivity index (χ1) is 14.9. The number of alkyl halides is 2. The van der Waals surface area contributed by atoms with Crippen LogP contribution in [0.3, 0.4) is 0 Å². The number of halogens is 3. The van der Waals surface area contributed by atoms with Crippen molar-refractivity contribution in [1.82, 2.24) is 0 Å². The van der Waals surface area contributed by atoms with Crippen LogP contribution in [0.2, 0.25) is 0 Å². The van der Waals surface area contributed by atoms with E-state index < -0.39 is 23.6 Å². The van der Waals surface area contributed by atoms with Crippen LogP contribution in [0.4, 0.5) is 13.2 Å². The predicted octanol–water partition coefficient (Wildman–Crippen LogP) is 8.50. The van der Waals surface area contributed by atoms with Gasteiger partial charge in [0.2, 0.25) is 0 Å². The maximum atomic E-state index is 15.4. The Morgan fingerprint density at radius 2 is 1.48 bits per heavy atom. The molecule has 1 heterocycles. The van der Waals surface area contributed by atoms with Crippen molar-refractivity contribution in [1.29, 1.82) is 0 Å². The van der Waals surface area contributed by atoms with Crippen LogP contribution >= 0.6 is 0 Å². The lowest BCUT2D eigenvalue weighted by atomic mass is 9.68. The second kappa shape index (κ2) is 9.85. The lowest BCUT2D eigenvalue weighted by Crippen LogP contribution is -2.35. The van der Waals surface area contributed by atoms with Gasteiger partial charge in [0.05, 0.1) is 11.7 Å². The standard InChI is InChI=1S/C27H39F3O/c1-3-5-18-7-9-19(10-8-18)20-11-13-21(14-12-20)24-16-15-22-17-23(6-4-2)31-27(29,30)25(22)26(24)28/h15-16,18-21,23H,3-14,17H2,1-2H3. The Balaban J connectivity index is 1.41. The van der Waals surface area contributed by atoms with E-state index in [1.54, 1.807) is 12.1 Å². The average Bonchev–Trinajstić information content (AvgIpc) is 2.74. The molecule has 31 heavy (non-hydrogen) atoms. The van der Waals surface area contributed by atoms with Gasteiger partial charge in [-0.05, 0) is 86.2 Å². The van der Waals surface area contributed by atoms with Crippen molar-refractivity contribution in [3.63, 3.8) is 0 Å². The molecule has 0 radical (unpaired) electrons. The Labute approximate surface area is 186 Å². The quantitative estimate of drug-likeness (QED) is 0.434. The van der Waals surface area contributed by atoms with Crippen molar-refractivity contribution in [3.8, 4) is 0 Å². The van der Waals surface area contributed by atoms with Gasteiger partial charge >= 0.3 is 6.11 Å². The lowest BCUT2D eigenvalue weighted by Gasteiger charge is -2.38. The SMILES string of the molecule is CCCC1CCC(C2CCC(c3ccc4c(c3F)C(F)(F)OC(CCC)C4)CC2)CC1. The monoisotopic (exact) mass is 436 g/mol. The molecule has 0 N–H and O–H groups in total. The van der Waals surface area contributed by atoms with Gasteiger partial charge in [0.25, 0.3) is 0 Å². The van der Waals surface area contributed by atoms with E-state index in [0.717, 1.165) is 49.9 Å². The van der Waals surface area contributed by atoms with E-state index in [-0.39, 0.29) is 5.92 Å². The Bertz CT molecular complexity index is 730. The summed E-state index contributed by atoms with van der Waals surface area (Å²) < 4.78 is 49.8. The minimum Gasteiger partial charge on any atom is -0.313 e. The minimum absolute atomic E-state index is 0.0575. The van der Waals surface area contributed by atoms with Crippen molar-refractivity contribution < 1.29 is 17.9 Å². The Kier molecular flexibility index (Phi) is 7.35. The van der Waals surface area contributed by atoms with E-state index in [9.17, 15) is 8.78 Å². The van der Waals surface area contributed by atoms with Gasteiger partial charge in [-0.3, -0.25) is 0 Å². The summed E-state index contributed by atoms with van der Waals surface area (Å²) in [5.41, 5.74) is 0.420. The van der Waals surface area contributed by atoms with Gasteiger partial charge < -0.3 is 4.74 Å². The van der Waals surface area contributed by atoms with E-state index in [1.165, 1.54) is 38.5 Å². The molecule has 1 aliphatic heterocycles. The summed E-state index contributed by atoms with van der Waals surface area (Å²) in [5, 5.41) is 0. The number of rotatable bonds is 6. The Hall–Kier alpha value is -1.03. The van der Waals surface area contributed by atoms with Crippen LogP contribution in [0.25, 0.3) is 0 Å². The highest BCUT2D eigenvalue weighted by Crippen LogP contribution is 2.47. The van der Waals surface area contributed by atoms with Crippen molar-refractivity contribution >= 4 is 0 Å². The third kappa shape index (κ3) is 4.99. The zero-order valence-electron chi connectivity index (χ0n) is 19.3. The van der Waals surface area contributed by atoms with Crippen molar-refractivity contribution in [2.24, 2.45) is 17.8 Å². The Morgan fingerprint density at radius 3 is 2.10 bits per heavy atom. The lowest BCUT2D eigenvalue weighted by molar-refractivity contribution is -0.283. The first kappa shape index (κ1) is 23.1. The molecular weight excluding hydrogens is 397 g/mol. The van der Waals surface area contributed by atoms with E-state index in [4.69, 9.17) is 4.74 Å². The van der Waals surface area contributed by atoms with E-state index >= 15 is 4.39 Å². The number of fused-ring (bicyclic) bond motifs is 1. The van der Waals surface area contributed by atoms with Gasteiger partial charge in [0.15, 0.2) is 0 Å². The number of benzene rings is 1. The molecule has 0 spiro atoms. The third-order valence-electron chi connectivity index (χ3n) is 8.39. The van der Waals surface area contributed by atoms with Crippen LogP contribution < -0.4 is 0 Å². The van der Waals surface area contributed by atoms with Crippen LogP contribution in [0.1, 0.15) is 114 Å². The van der Waals surface area contributed by atoms with Crippen LogP contribution in [0.15, 0.2) is 12.1 Å². The molecule has 1 nitrogen and oxygen atoms in total. The van der Waals surface area contributed by atoms with Crippen molar-refractivity contribution in [2.45, 2.75) is 115 Å². The van der Waals surface area contributed by atoms with Gasteiger partial charge in [-0.1, -0.05) is 58.1 Å². The summed E-state index contributed by atoms with van der Waals surface area (Å²) >= 11 is 0. The molecule has 2 fully saturated rings. The van der Waals surface area contributed by atoms with Crippen molar-refractivity contribution in [3.05, 3.63) is 34.6 Å². The molecule has 1 aromatic carbocycles. The molecule has 0 saturated heterocycles. The molecule has 174 valence electrons. The Morgan fingerprint density at radius 1 is 0.871 bits per heavy atom. The fraction of sp³-hybridized carbons (Fsp3) is 0.778. The summed E-state index contributed by atoms with van der Waals surface area (Å²) in [6.07, 6.45) is 9.80. The molecule has 3 aliphatic rings. The molecule has 1 aromatic rings. The topological polar surface area (TPSA) is 9.23 Å². The normalized spacial score (nSPS) is 33.1. The van der Waals surface area contributed by atoms with Gasteiger partial charge in [0, 0.05) is 0 Å². The first-order valence-electron chi connectivity index (χ1n) is 12.8. The van der Waals surface area contributed by atoms with E-state index in [2.05, 4.69) is 6.92 Å². The summed E-state index contributed by atoms with van der Waals surface area (Å²) in [7, 11) is 0. The fourth-order valence-electron chi connectivity index (χ4n) is 6.73. The van der Waals surface area contributed by atoms with Gasteiger partial charge in [-0.15, -0.1) is 0 Å². The molecule has 0 bridgehead atoms. The number of hydrogen-bond donors (Lipinski definition) is 0. The molecule has 1 atom stereocenters. The van der Waals surface area contributed by atoms with Crippen LogP contribution in [-0.4, -0.2) is 6.10 Å². The van der Waals surface area contributed by atoms with Gasteiger partial charge in [-0.2, -0.15) is 8.78 Å². The van der Waals surface area contributed by atoms with Crippen LogP contribution in [0, 0.1) is 23.6 Å². The molecule has 0 aromatic heterocycles. The first-order valence-corrected chi connectivity index (χ1v) is 12.8. The number of hydrogen-bond acceptors (Lipinski definition) is 1. The largest absolute Gasteiger partial charge is 0.386 e. The van der Waals surface area contributed by atoms with Gasteiger partial charge in [-0.25, -0.2) is 4.39 Å². The predicted molar refractivity (Wildman–Crippen MR) is 119 cm³/mol. The second-order valence-electron chi connectivity index (χ2n) is 10.4. The molecular formula is C27H39F3O. The summed E-state index contributed by atoms with van der Waals surface area (Å²) in [4.78, 5) is 0. The average molecular weight is 437 g/mol. The minimum atomic E-state index is -3.53.